The number of aromatic nitrogens is 3. The number of aromatic amines is 1. The zero-order valence-corrected chi connectivity index (χ0v) is 12.5. The fourth-order valence-corrected chi connectivity index (χ4v) is 2.21. The van der Waals surface area contributed by atoms with Crippen LogP contribution in [0.4, 0.5) is 5.69 Å². The first kappa shape index (κ1) is 14.9. The average Bonchev–Trinajstić information content (AvgIpc) is 3.02. The molecule has 2 aromatic carbocycles. The van der Waals surface area contributed by atoms with Gasteiger partial charge in [-0.2, -0.15) is 5.10 Å². The number of hydrogen-bond donors (Lipinski definition) is 3. The van der Waals surface area contributed by atoms with Gasteiger partial charge in [0, 0.05) is 11.3 Å². The van der Waals surface area contributed by atoms with E-state index in [0.717, 1.165) is 5.56 Å². The van der Waals surface area contributed by atoms with Crippen molar-refractivity contribution >= 4 is 11.6 Å². The summed E-state index contributed by atoms with van der Waals surface area (Å²) >= 11 is 0. The molecule has 6 nitrogen and oxygen atoms in total. The highest BCUT2D eigenvalue weighted by atomic mass is 16.3. The van der Waals surface area contributed by atoms with Crippen molar-refractivity contribution in [3.05, 3.63) is 66.0 Å². The van der Waals surface area contributed by atoms with Gasteiger partial charge in [0.1, 0.15) is 5.82 Å². The molecule has 3 N–H and O–H groups in total. The number of aliphatic hydroxyl groups excluding tert-OH is 1. The molecule has 1 atom stereocenters. The molecule has 23 heavy (non-hydrogen) atoms. The second kappa shape index (κ2) is 6.41. The van der Waals surface area contributed by atoms with Crippen molar-refractivity contribution < 1.29 is 9.90 Å². The first-order valence-electron chi connectivity index (χ1n) is 7.17. The third-order valence-electron chi connectivity index (χ3n) is 3.35. The topological polar surface area (TPSA) is 90.9 Å². The van der Waals surface area contributed by atoms with Gasteiger partial charge in [-0.05, 0) is 24.6 Å². The number of benzene rings is 2. The maximum atomic E-state index is 12.2. The number of carbonyl (C=O) groups is 1. The highest BCUT2D eigenvalue weighted by Gasteiger charge is 2.17. The lowest BCUT2D eigenvalue weighted by atomic mass is 10.1. The molecular weight excluding hydrogens is 292 g/mol. The number of carbonyl (C=O) groups excluding carboxylic acids is 1. The summed E-state index contributed by atoms with van der Waals surface area (Å²) in [6.07, 6.45) is -1.22. The van der Waals surface area contributed by atoms with Crippen molar-refractivity contribution in [2.45, 2.75) is 13.0 Å². The predicted molar refractivity (Wildman–Crippen MR) is 86.6 cm³/mol. The summed E-state index contributed by atoms with van der Waals surface area (Å²) in [5.41, 5.74) is 1.90. The molecule has 116 valence electrons. The van der Waals surface area contributed by atoms with E-state index >= 15 is 0 Å². The van der Waals surface area contributed by atoms with Crippen LogP contribution in [0.1, 0.15) is 17.5 Å². The van der Waals surface area contributed by atoms with E-state index in [9.17, 15) is 9.90 Å². The molecule has 0 aliphatic rings. The number of amides is 1. The van der Waals surface area contributed by atoms with Gasteiger partial charge in [0.2, 0.25) is 0 Å². The number of rotatable bonds is 4. The third-order valence-corrected chi connectivity index (χ3v) is 3.35. The summed E-state index contributed by atoms with van der Waals surface area (Å²) in [6.45, 7) is 1.82. The Kier molecular flexibility index (Phi) is 4.16. The maximum absolute atomic E-state index is 12.2. The predicted octanol–water partition coefficient (Wildman–Crippen LogP) is 2.45. The van der Waals surface area contributed by atoms with E-state index in [0.29, 0.717) is 22.9 Å². The quantitative estimate of drug-likeness (QED) is 0.690. The number of nitrogens with zero attached hydrogens (tertiary/aromatic N) is 2. The summed E-state index contributed by atoms with van der Waals surface area (Å²) in [5.74, 6) is 0.788. The lowest BCUT2D eigenvalue weighted by Crippen LogP contribution is -2.20. The number of nitrogens with one attached hydrogen (secondary N) is 2. The summed E-state index contributed by atoms with van der Waals surface area (Å²) in [4.78, 5) is 16.4. The fourth-order valence-electron chi connectivity index (χ4n) is 2.21. The number of aliphatic hydroxyl groups is 1. The molecule has 0 radical (unpaired) electrons. The maximum Gasteiger partial charge on any atom is 0.257 e. The van der Waals surface area contributed by atoms with E-state index in [1.807, 2.05) is 19.1 Å². The van der Waals surface area contributed by atoms with Crippen LogP contribution in [0.5, 0.6) is 0 Å². The smallest absolute Gasteiger partial charge is 0.257 e. The van der Waals surface area contributed by atoms with E-state index < -0.39 is 12.0 Å². The zero-order chi connectivity index (χ0) is 16.2. The molecule has 0 aliphatic heterocycles. The Hall–Kier alpha value is -2.99. The SMILES string of the molecule is Cc1nc(-c2cccc(NC(=O)[C@H](O)c3ccccc3)c2)n[nH]1. The Balaban J connectivity index is 1.76. The van der Waals surface area contributed by atoms with Crippen LogP contribution in [0.2, 0.25) is 0 Å². The molecule has 0 fully saturated rings. The standard InChI is InChI=1S/C17H16N4O2/c1-11-18-16(21-20-11)13-8-5-9-14(10-13)19-17(23)15(22)12-6-3-2-4-7-12/h2-10,15,22H,1H3,(H,19,23)(H,18,20,21)/t15-/m1/s1. The zero-order valence-electron chi connectivity index (χ0n) is 12.5. The minimum absolute atomic E-state index is 0.487. The molecule has 0 saturated carbocycles. The lowest BCUT2D eigenvalue weighted by molar-refractivity contribution is -0.124. The number of anilines is 1. The molecule has 1 aromatic heterocycles. The molecule has 1 heterocycles. The number of hydrogen-bond acceptors (Lipinski definition) is 4. The molecule has 0 unspecified atom stereocenters. The van der Waals surface area contributed by atoms with Gasteiger partial charge in [-0.3, -0.25) is 9.89 Å². The third kappa shape index (κ3) is 3.44. The van der Waals surface area contributed by atoms with Crippen LogP contribution in [-0.4, -0.2) is 26.2 Å². The van der Waals surface area contributed by atoms with Crippen molar-refractivity contribution in [2.75, 3.05) is 5.32 Å². The minimum Gasteiger partial charge on any atom is -0.378 e. The highest BCUT2D eigenvalue weighted by Crippen LogP contribution is 2.21. The molecule has 0 bridgehead atoms. The second-order valence-corrected chi connectivity index (χ2v) is 5.13. The van der Waals surface area contributed by atoms with E-state index in [-0.39, 0.29) is 0 Å². The van der Waals surface area contributed by atoms with Crippen LogP contribution >= 0.6 is 0 Å². The summed E-state index contributed by atoms with van der Waals surface area (Å²) in [6, 6.07) is 16.0. The largest absolute Gasteiger partial charge is 0.378 e. The van der Waals surface area contributed by atoms with Crippen molar-refractivity contribution in [1.29, 1.82) is 0 Å². The van der Waals surface area contributed by atoms with Crippen molar-refractivity contribution in [3.63, 3.8) is 0 Å². The normalized spacial score (nSPS) is 11.9. The van der Waals surface area contributed by atoms with E-state index in [1.54, 1.807) is 42.5 Å². The fraction of sp³-hybridized carbons (Fsp3) is 0.118. The van der Waals surface area contributed by atoms with Crippen LogP contribution in [-0.2, 0) is 4.79 Å². The van der Waals surface area contributed by atoms with Gasteiger partial charge < -0.3 is 10.4 Å². The van der Waals surface area contributed by atoms with Crippen LogP contribution in [0, 0.1) is 6.92 Å². The van der Waals surface area contributed by atoms with Crippen LogP contribution in [0.25, 0.3) is 11.4 Å². The highest BCUT2D eigenvalue weighted by molar-refractivity contribution is 5.95. The Morgan fingerprint density at radius 2 is 1.96 bits per heavy atom. The van der Waals surface area contributed by atoms with Gasteiger partial charge in [0.25, 0.3) is 5.91 Å². The molecule has 0 saturated heterocycles. The monoisotopic (exact) mass is 308 g/mol. The lowest BCUT2D eigenvalue weighted by Gasteiger charge is -2.12. The van der Waals surface area contributed by atoms with Crippen LogP contribution < -0.4 is 5.32 Å². The van der Waals surface area contributed by atoms with Gasteiger partial charge >= 0.3 is 0 Å². The van der Waals surface area contributed by atoms with Gasteiger partial charge in [0.15, 0.2) is 11.9 Å². The first-order chi connectivity index (χ1) is 11.1. The Labute approximate surface area is 133 Å². The van der Waals surface area contributed by atoms with Gasteiger partial charge in [-0.1, -0.05) is 42.5 Å². The van der Waals surface area contributed by atoms with Crippen molar-refractivity contribution in [2.24, 2.45) is 0 Å². The molecule has 3 aromatic rings. The van der Waals surface area contributed by atoms with E-state index in [1.165, 1.54) is 0 Å². The molecular formula is C17H16N4O2. The van der Waals surface area contributed by atoms with Gasteiger partial charge in [-0.15, -0.1) is 0 Å². The van der Waals surface area contributed by atoms with Crippen molar-refractivity contribution in [1.82, 2.24) is 15.2 Å². The molecule has 1 amide bonds. The summed E-state index contributed by atoms with van der Waals surface area (Å²) in [5, 5.41) is 19.7. The Morgan fingerprint density at radius 3 is 2.65 bits per heavy atom. The van der Waals surface area contributed by atoms with Crippen molar-refractivity contribution in [3.8, 4) is 11.4 Å². The van der Waals surface area contributed by atoms with Crippen LogP contribution in [0.3, 0.4) is 0 Å². The van der Waals surface area contributed by atoms with E-state index in [4.69, 9.17) is 0 Å². The van der Waals surface area contributed by atoms with E-state index in [2.05, 4.69) is 20.5 Å². The average molecular weight is 308 g/mol. The van der Waals surface area contributed by atoms with Gasteiger partial charge in [0.05, 0.1) is 0 Å². The Morgan fingerprint density at radius 1 is 1.17 bits per heavy atom. The second-order valence-electron chi connectivity index (χ2n) is 5.13. The number of aryl methyl sites for hydroxylation is 1. The summed E-state index contributed by atoms with van der Waals surface area (Å²) in [7, 11) is 0. The Bertz CT molecular complexity index is 814. The molecule has 0 spiro atoms. The summed E-state index contributed by atoms with van der Waals surface area (Å²) < 4.78 is 0. The molecule has 3 rings (SSSR count). The molecule has 6 heteroatoms. The minimum atomic E-state index is -1.22. The first-order valence-corrected chi connectivity index (χ1v) is 7.17. The van der Waals surface area contributed by atoms with Gasteiger partial charge in [-0.25, -0.2) is 4.98 Å². The molecule has 0 aliphatic carbocycles. The van der Waals surface area contributed by atoms with Crippen LogP contribution in [0.15, 0.2) is 54.6 Å². The number of H-pyrrole nitrogens is 1.